The topological polar surface area (TPSA) is 29.3 Å². The fourth-order valence-corrected chi connectivity index (χ4v) is 2.34. The Morgan fingerprint density at radius 3 is 2.53 bits per heavy atom. The Morgan fingerprint density at radius 1 is 1.27 bits per heavy atom. The van der Waals surface area contributed by atoms with Gasteiger partial charge in [0, 0.05) is 19.1 Å². The minimum absolute atomic E-state index is 0.472. The Bertz CT molecular complexity index is 291. The van der Waals surface area contributed by atoms with Crippen LogP contribution in [0.15, 0.2) is 30.3 Å². The standard InChI is InChI=1S/C13H20N2/c1-15(10-12-7-13(14)8-12)9-11-5-3-2-4-6-11/h2-6,12-13H,7-10,14H2,1H3. The van der Waals surface area contributed by atoms with E-state index in [-0.39, 0.29) is 0 Å². The summed E-state index contributed by atoms with van der Waals surface area (Å²) in [5.41, 5.74) is 7.17. The predicted octanol–water partition coefficient (Wildman–Crippen LogP) is 1.86. The second-order valence-electron chi connectivity index (χ2n) is 4.78. The van der Waals surface area contributed by atoms with Crippen LogP contribution in [0, 0.1) is 5.92 Å². The maximum atomic E-state index is 5.78. The molecule has 0 unspecified atom stereocenters. The zero-order valence-corrected chi connectivity index (χ0v) is 9.39. The third kappa shape index (κ3) is 3.05. The normalized spacial score (nSPS) is 25.3. The van der Waals surface area contributed by atoms with E-state index in [2.05, 4.69) is 42.3 Å². The van der Waals surface area contributed by atoms with Crippen LogP contribution in [0.3, 0.4) is 0 Å². The van der Waals surface area contributed by atoms with Gasteiger partial charge in [-0.15, -0.1) is 0 Å². The van der Waals surface area contributed by atoms with Gasteiger partial charge in [0.25, 0.3) is 0 Å². The molecule has 0 heterocycles. The number of hydrogen-bond acceptors (Lipinski definition) is 2. The highest BCUT2D eigenvalue weighted by Crippen LogP contribution is 2.26. The van der Waals surface area contributed by atoms with Crippen LogP contribution < -0.4 is 5.73 Å². The van der Waals surface area contributed by atoms with Crippen LogP contribution in [-0.4, -0.2) is 24.5 Å². The van der Waals surface area contributed by atoms with Crippen LogP contribution in [0.4, 0.5) is 0 Å². The van der Waals surface area contributed by atoms with Crippen molar-refractivity contribution in [1.29, 1.82) is 0 Å². The average molecular weight is 204 g/mol. The Morgan fingerprint density at radius 2 is 1.93 bits per heavy atom. The van der Waals surface area contributed by atoms with Crippen LogP contribution in [0.2, 0.25) is 0 Å². The molecular formula is C13H20N2. The molecule has 0 atom stereocenters. The average Bonchev–Trinajstić information content (AvgIpc) is 2.17. The summed E-state index contributed by atoms with van der Waals surface area (Å²) in [4.78, 5) is 2.39. The number of nitrogens with zero attached hydrogens (tertiary/aromatic N) is 1. The van der Waals surface area contributed by atoms with E-state index in [0.717, 1.165) is 12.5 Å². The van der Waals surface area contributed by atoms with Gasteiger partial charge >= 0.3 is 0 Å². The molecule has 0 radical (unpaired) electrons. The first-order chi connectivity index (χ1) is 7.24. The van der Waals surface area contributed by atoms with Gasteiger partial charge in [-0.2, -0.15) is 0 Å². The Hall–Kier alpha value is -0.860. The van der Waals surface area contributed by atoms with Crippen LogP contribution in [0.5, 0.6) is 0 Å². The van der Waals surface area contributed by atoms with Gasteiger partial charge in [-0.25, -0.2) is 0 Å². The summed E-state index contributed by atoms with van der Waals surface area (Å²) in [7, 11) is 2.19. The molecule has 1 saturated carbocycles. The maximum absolute atomic E-state index is 5.78. The van der Waals surface area contributed by atoms with Gasteiger partial charge in [0.15, 0.2) is 0 Å². The second-order valence-corrected chi connectivity index (χ2v) is 4.78. The molecule has 1 aliphatic rings. The molecule has 2 rings (SSSR count). The van der Waals surface area contributed by atoms with Crippen molar-refractivity contribution in [2.75, 3.05) is 13.6 Å². The van der Waals surface area contributed by atoms with Crippen molar-refractivity contribution in [3.8, 4) is 0 Å². The van der Waals surface area contributed by atoms with Crippen molar-refractivity contribution in [2.24, 2.45) is 11.7 Å². The molecule has 1 aromatic rings. The smallest absolute Gasteiger partial charge is 0.0230 e. The number of hydrogen-bond donors (Lipinski definition) is 1. The lowest BCUT2D eigenvalue weighted by molar-refractivity contribution is 0.178. The van der Waals surface area contributed by atoms with E-state index in [1.165, 1.54) is 24.9 Å². The molecule has 2 N–H and O–H groups in total. The summed E-state index contributed by atoms with van der Waals surface area (Å²) in [6, 6.07) is 11.1. The summed E-state index contributed by atoms with van der Waals surface area (Å²) in [6.45, 7) is 2.23. The molecule has 2 nitrogen and oxygen atoms in total. The summed E-state index contributed by atoms with van der Waals surface area (Å²) < 4.78 is 0. The lowest BCUT2D eigenvalue weighted by Crippen LogP contribution is -2.41. The Balaban J connectivity index is 1.75. The molecule has 2 heteroatoms. The first-order valence-electron chi connectivity index (χ1n) is 5.72. The number of nitrogens with two attached hydrogens (primary N) is 1. The van der Waals surface area contributed by atoms with Gasteiger partial charge in [-0.1, -0.05) is 30.3 Å². The van der Waals surface area contributed by atoms with E-state index in [9.17, 15) is 0 Å². The van der Waals surface area contributed by atoms with E-state index in [4.69, 9.17) is 5.73 Å². The summed E-state index contributed by atoms with van der Waals surface area (Å²) >= 11 is 0. The summed E-state index contributed by atoms with van der Waals surface area (Å²) in [5.74, 6) is 0.828. The third-order valence-electron chi connectivity index (χ3n) is 3.14. The second kappa shape index (κ2) is 4.77. The molecule has 1 aromatic carbocycles. The first kappa shape index (κ1) is 10.7. The predicted molar refractivity (Wildman–Crippen MR) is 63.5 cm³/mol. The molecule has 0 saturated heterocycles. The maximum Gasteiger partial charge on any atom is 0.0230 e. The highest BCUT2D eigenvalue weighted by Gasteiger charge is 2.26. The first-order valence-corrected chi connectivity index (χ1v) is 5.72. The summed E-state index contributed by atoms with van der Waals surface area (Å²) in [6.07, 6.45) is 2.41. The number of benzene rings is 1. The van der Waals surface area contributed by atoms with Crippen molar-refractivity contribution in [1.82, 2.24) is 4.90 Å². The molecule has 0 amide bonds. The highest BCUT2D eigenvalue weighted by molar-refractivity contribution is 5.14. The zero-order chi connectivity index (χ0) is 10.7. The molecule has 82 valence electrons. The van der Waals surface area contributed by atoms with Gasteiger partial charge in [-0.05, 0) is 31.4 Å². The van der Waals surface area contributed by atoms with Gasteiger partial charge in [0.2, 0.25) is 0 Å². The SMILES string of the molecule is CN(Cc1ccccc1)CC1CC(N)C1. The molecule has 0 spiro atoms. The largest absolute Gasteiger partial charge is 0.328 e. The van der Waals surface area contributed by atoms with Crippen molar-refractivity contribution < 1.29 is 0 Å². The molecular weight excluding hydrogens is 184 g/mol. The Labute approximate surface area is 92.1 Å². The van der Waals surface area contributed by atoms with E-state index in [1.807, 2.05) is 0 Å². The molecule has 1 aliphatic carbocycles. The van der Waals surface area contributed by atoms with E-state index < -0.39 is 0 Å². The van der Waals surface area contributed by atoms with Crippen molar-refractivity contribution in [3.63, 3.8) is 0 Å². The lowest BCUT2D eigenvalue weighted by Gasteiger charge is -2.35. The van der Waals surface area contributed by atoms with Crippen LogP contribution in [0.25, 0.3) is 0 Å². The lowest BCUT2D eigenvalue weighted by atomic mass is 9.80. The van der Waals surface area contributed by atoms with E-state index in [0.29, 0.717) is 6.04 Å². The summed E-state index contributed by atoms with van der Waals surface area (Å²) in [5, 5.41) is 0. The minimum Gasteiger partial charge on any atom is -0.328 e. The van der Waals surface area contributed by atoms with Crippen molar-refractivity contribution >= 4 is 0 Å². The van der Waals surface area contributed by atoms with Gasteiger partial charge in [-0.3, -0.25) is 0 Å². The van der Waals surface area contributed by atoms with E-state index >= 15 is 0 Å². The van der Waals surface area contributed by atoms with Crippen molar-refractivity contribution in [3.05, 3.63) is 35.9 Å². The molecule has 0 aromatic heterocycles. The Kier molecular flexibility index (Phi) is 3.39. The van der Waals surface area contributed by atoms with Gasteiger partial charge < -0.3 is 10.6 Å². The quantitative estimate of drug-likeness (QED) is 0.811. The van der Waals surface area contributed by atoms with Gasteiger partial charge in [0.05, 0.1) is 0 Å². The van der Waals surface area contributed by atoms with Gasteiger partial charge in [0.1, 0.15) is 0 Å². The minimum atomic E-state index is 0.472. The highest BCUT2D eigenvalue weighted by atomic mass is 15.1. The monoisotopic (exact) mass is 204 g/mol. The molecule has 0 aliphatic heterocycles. The fraction of sp³-hybridized carbons (Fsp3) is 0.538. The number of rotatable bonds is 4. The van der Waals surface area contributed by atoms with E-state index in [1.54, 1.807) is 0 Å². The third-order valence-corrected chi connectivity index (χ3v) is 3.14. The van der Waals surface area contributed by atoms with Crippen molar-refractivity contribution in [2.45, 2.75) is 25.4 Å². The molecule has 1 fully saturated rings. The fourth-order valence-electron chi connectivity index (χ4n) is 2.34. The van der Waals surface area contributed by atoms with Crippen LogP contribution in [0.1, 0.15) is 18.4 Å². The zero-order valence-electron chi connectivity index (χ0n) is 9.39. The molecule has 15 heavy (non-hydrogen) atoms. The van der Waals surface area contributed by atoms with Crippen LogP contribution >= 0.6 is 0 Å². The molecule has 0 bridgehead atoms. The van der Waals surface area contributed by atoms with Crippen LogP contribution in [-0.2, 0) is 6.54 Å².